The average molecular weight is 213 g/mol. The molecule has 0 aliphatic heterocycles. The second-order valence-electron chi connectivity index (χ2n) is 3.89. The van der Waals surface area contributed by atoms with Gasteiger partial charge in [0.2, 0.25) is 0 Å². The lowest BCUT2D eigenvalue weighted by molar-refractivity contribution is 0.00239. The molecule has 0 saturated heterocycles. The molecule has 5 heteroatoms. The molecule has 1 rings (SSSR count). The van der Waals surface area contributed by atoms with Gasteiger partial charge in [0.25, 0.3) is 0 Å². The molecule has 1 aromatic heterocycles. The van der Waals surface area contributed by atoms with Crippen LogP contribution in [0.3, 0.4) is 0 Å². The fourth-order valence-electron chi connectivity index (χ4n) is 1.29. The van der Waals surface area contributed by atoms with Crippen molar-refractivity contribution in [2.24, 2.45) is 0 Å². The maximum Gasteiger partial charge on any atom is 0.122 e. The zero-order valence-electron chi connectivity index (χ0n) is 9.27. The lowest BCUT2D eigenvalue weighted by Gasteiger charge is -2.20. The van der Waals surface area contributed by atoms with E-state index in [-0.39, 0.29) is 6.61 Å². The predicted molar refractivity (Wildman–Crippen MR) is 57.3 cm³/mol. The Morgan fingerprint density at radius 2 is 2.33 bits per heavy atom. The first-order valence-electron chi connectivity index (χ1n) is 5.13. The summed E-state index contributed by atoms with van der Waals surface area (Å²) in [5.41, 5.74) is -1.07. The molecule has 1 aromatic rings. The largest absolute Gasteiger partial charge is 0.393 e. The minimum atomic E-state index is -1.07. The third-order valence-corrected chi connectivity index (χ3v) is 2.27. The Bertz CT molecular complexity index is 297. The van der Waals surface area contributed by atoms with E-state index in [2.05, 4.69) is 17.2 Å². The molecule has 0 fully saturated rings. The third-order valence-electron chi connectivity index (χ3n) is 2.27. The monoisotopic (exact) mass is 213 g/mol. The van der Waals surface area contributed by atoms with Gasteiger partial charge < -0.3 is 20.1 Å². The molecule has 0 saturated carbocycles. The highest BCUT2D eigenvalue weighted by Gasteiger charge is 2.18. The van der Waals surface area contributed by atoms with E-state index >= 15 is 0 Å². The van der Waals surface area contributed by atoms with Gasteiger partial charge in [0, 0.05) is 25.5 Å². The first-order chi connectivity index (χ1) is 7.09. The molecule has 86 valence electrons. The molecule has 0 amide bonds. The van der Waals surface area contributed by atoms with Crippen LogP contribution in [-0.4, -0.2) is 38.5 Å². The Morgan fingerprint density at radius 1 is 1.60 bits per heavy atom. The van der Waals surface area contributed by atoms with Crippen molar-refractivity contribution in [3.8, 4) is 0 Å². The fourth-order valence-corrected chi connectivity index (χ4v) is 1.29. The van der Waals surface area contributed by atoms with Gasteiger partial charge in [-0.1, -0.05) is 0 Å². The highest BCUT2D eigenvalue weighted by atomic mass is 16.3. The SMILES string of the molecule is CCn1ccnc1CNCC(C)(O)CO. The number of aliphatic hydroxyl groups excluding tert-OH is 1. The standard InChI is InChI=1S/C10H19N3O2/c1-3-13-5-4-12-9(13)6-11-7-10(2,15)8-14/h4-5,11,14-15H,3,6-8H2,1-2H3. The van der Waals surface area contributed by atoms with Gasteiger partial charge in [-0.15, -0.1) is 0 Å². The summed E-state index contributed by atoms with van der Waals surface area (Å²) in [5, 5.41) is 21.4. The lowest BCUT2D eigenvalue weighted by atomic mass is 10.1. The van der Waals surface area contributed by atoms with Crippen LogP contribution < -0.4 is 5.32 Å². The van der Waals surface area contributed by atoms with Gasteiger partial charge in [0.05, 0.1) is 18.8 Å². The van der Waals surface area contributed by atoms with E-state index in [9.17, 15) is 5.11 Å². The summed E-state index contributed by atoms with van der Waals surface area (Å²) in [6, 6.07) is 0. The highest BCUT2D eigenvalue weighted by molar-refractivity contribution is 4.92. The summed E-state index contributed by atoms with van der Waals surface area (Å²) in [4.78, 5) is 4.19. The van der Waals surface area contributed by atoms with Gasteiger partial charge in [0.1, 0.15) is 5.82 Å². The molecule has 0 radical (unpaired) electrons. The van der Waals surface area contributed by atoms with Crippen LogP contribution in [0.1, 0.15) is 19.7 Å². The Kier molecular flexibility index (Phi) is 4.26. The van der Waals surface area contributed by atoms with E-state index in [4.69, 9.17) is 5.11 Å². The van der Waals surface area contributed by atoms with E-state index in [1.807, 2.05) is 10.8 Å². The van der Waals surface area contributed by atoms with Crippen molar-refractivity contribution >= 4 is 0 Å². The molecular weight excluding hydrogens is 194 g/mol. The zero-order valence-corrected chi connectivity index (χ0v) is 9.27. The van der Waals surface area contributed by atoms with Gasteiger partial charge >= 0.3 is 0 Å². The van der Waals surface area contributed by atoms with Gasteiger partial charge in [-0.05, 0) is 13.8 Å². The van der Waals surface area contributed by atoms with Crippen LogP contribution in [0.15, 0.2) is 12.4 Å². The second kappa shape index (κ2) is 5.25. The maximum atomic E-state index is 9.54. The van der Waals surface area contributed by atoms with Gasteiger partial charge in [-0.3, -0.25) is 0 Å². The summed E-state index contributed by atoms with van der Waals surface area (Å²) in [7, 11) is 0. The second-order valence-corrected chi connectivity index (χ2v) is 3.89. The molecular formula is C10H19N3O2. The maximum absolute atomic E-state index is 9.54. The smallest absolute Gasteiger partial charge is 0.122 e. The minimum Gasteiger partial charge on any atom is -0.393 e. The minimum absolute atomic E-state index is 0.248. The first-order valence-corrected chi connectivity index (χ1v) is 5.13. The van der Waals surface area contributed by atoms with E-state index < -0.39 is 5.60 Å². The van der Waals surface area contributed by atoms with Crippen molar-refractivity contribution in [2.45, 2.75) is 32.5 Å². The molecule has 0 aromatic carbocycles. The molecule has 0 spiro atoms. The lowest BCUT2D eigenvalue weighted by Crippen LogP contribution is -2.40. The van der Waals surface area contributed by atoms with Crippen molar-refractivity contribution in [3.05, 3.63) is 18.2 Å². The van der Waals surface area contributed by atoms with Crippen LogP contribution in [0.25, 0.3) is 0 Å². The van der Waals surface area contributed by atoms with E-state index in [0.29, 0.717) is 13.1 Å². The van der Waals surface area contributed by atoms with Crippen LogP contribution in [0.5, 0.6) is 0 Å². The van der Waals surface area contributed by atoms with E-state index in [0.717, 1.165) is 12.4 Å². The highest BCUT2D eigenvalue weighted by Crippen LogP contribution is 2.01. The van der Waals surface area contributed by atoms with Crippen molar-refractivity contribution < 1.29 is 10.2 Å². The number of nitrogens with one attached hydrogen (secondary N) is 1. The quantitative estimate of drug-likeness (QED) is 0.608. The number of aliphatic hydroxyl groups is 2. The number of hydrogen-bond donors (Lipinski definition) is 3. The van der Waals surface area contributed by atoms with Crippen LogP contribution in [0.4, 0.5) is 0 Å². The van der Waals surface area contributed by atoms with Crippen molar-refractivity contribution in [3.63, 3.8) is 0 Å². The van der Waals surface area contributed by atoms with Gasteiger partial charge in [0.15, 0.2) is 0 Å². The fraction of sp³-hybridized carbons (Fsp3) is 0.700. The normalized spacial score (nSPS) is 15.2. The predicted octanol–water partition coefficient (Wildman–Crippen LogP) is -0.264. The molecule has 0 aliphatic carbocycles. The Hall–Kier alpha value is -0.910. The number of aryl methyl sites for hydroxylation is 1. The summed E-state index contributed by atoms with van der Waals surface area (Å²) < 4.78 is 2.03. The van der Waals surface area contributed by atoms with Crippen LogP contribution in [0.2, 0.25) is 0 Å². The number of imidazole rings is 1. The number of hydrogen-bond acceptors (Lipinski definition) is 4. The van der Waals surface area contributed by atoms with Crippen LogP contribution in [-0.2, 0) is 13.1 Å². The number of nitrogens with zero attached hydrogens (tertiary/aromatic N) is 2. The molecule has 0 bridgehead atoms. The van der Waals surface area contributed by atoms with E-state index in [1.165, 1.54) is 0 Å². The molecule has 1 atom stereocenters. The van der Waals surface area contributed by atoms with Crippen LogP contribution >= 0.6 is 0 Å². The van der Waals surface area contributed by atoms with Gasteiger partial charge in [-0.25, -0.2) is 4.98 Å². The van der Waals surface area contributed by atoms with Crippen molar-refractivity contribution in [2.75, 3.05) is 13.2 Å². The number of aromatic nitrogens is 2. The Balaban J connectivity index is 2.38. The Morgan fingerprint density at radius 3 is 2.93 bits per heavy atom. The summed E-state index contributed by atoms with van der Waals surface area (Å²) >= 11 is 0. The van der Waals surface area contributed by atoms with E-state index in [1.54, 1.807) is 13.1 Å². The zero-order chi connectivity index (χ0) is 11.3. The molecule has 5 nitrogen and oxygen atoms in total. The Labute approximate surface area is 89.8 Å². The van der Waals surface area contributed by atoms with Crippen LogP contribution in [0, 0.1) is 0 Å². The van der Waals surface area contributed by atoms with Crippen molar-refractivity contribution in [1.82, 2.24) is 14.9 Å². The summed E-state index contributed by atoms with van der Waals surface area (Å²) in [5.74, 6) is 0.936. The summed E-state index contributed by atoms with van der Waals surface area (Å²) in [6.07, 6.45) is 3.67. The average Bonchev–Trinajstić information content (AvgIpc) is 2.65. The molecule has 3 N–H and O–H groups in total. The molecule has 0 aliphatic rings. The number of rotatable bonds is 6. The molecule has 1 heterocycles. The topological polar surface area (TPSA) is 70.3 Å². The van der Waals surface area contributed by atoms with Crippen molar-refractivity contribution in [1.29, 1.82) is 0 Å². The first kappa shape index (κ1) is 12.2. The summed E-state index contributed by atoms with van der Waals surface area (Å²) in [6.45, 7) is 5.22. The molecule has 15 heavy (non-hydrogen) atoms. The molecule has 1 unspecified atom stereocenters. The third kappa shape index (κ3) is 3.62. The van der Waals surface area contributed by atoms with Gasteiger partial charge in [-0.2, -0.15) is 0 Å².